The highest BCUT2D eigenvalue weighted by atomic mass is 19.4. The number of aliphatic imine (C=N–C) groups is 1. The van der Waals surface area contributed by atoms with Crippen LogP contribution >= 0.6 is 0 Å². The Morgan fingerprint density at radius 1 is 1.39 bits per heavy atom. The molecule has 1 saturated carbocycles. The van der Waals surface area contributed by atoms with Gasteiger partial charge in [0.1, 0.15) is 5.75 Å². The second-order valence-corrected chi connectivity index (χ2v) is 5.71. The summed E-state index contributed by atoms with van der Waals surface area (Å²) in [6, 6.07) is 7.02. The molecular weight excluding hydrogens is 307 g/mol. The lowest BCUT2D eigenvalue weighted by atomic mass is 10.2. The van der Waals surface area contributed by atoms with Crippen LogP contribution in [0.15, 0.2) is 29.3 Å². The van der Waals surface area contributed by atoms with Gasteiger partial charge in [-0.05, 0) is 37.0 Å². The summed E-state index contributed by atoms with van der Waals surface area (Å²) < 4.78 is 41.3. The summed E-state index contributed by atoms with van der Waals surface area (Å²) in [5, 5.41) is 6.49. The molecule has 0 radical (unpaired) electrons. The van der Waals surface area contributed by atoms with Crippen molar-refractivity contribution in [2.24, 2.45) is 10.9 Å². The summed E-state index contributed by atoms with van der Waals surface area (Å²) in [5.41, 5.74) is 0.797. The summed E-state index contributed by atoms with van der Waals surface area (Å²) in [6.45, 7) is 3.99. The quantitative estimate of drug-likeness (QED) is 0.623. The summed E-state index contributed by atoms with van der Waals surface area (Å²) in [6.07, 6.45) is -3.21. The van der Waals surface area contributed by atoms with Crippen molar-refractivity contribution in [2.45, 2.75) is 39.0 Å². The van der Waals surface area contributed by atoms with E-state index in [0.29, 0.717) is 18.5 Å². The Bertz CT molecular complexity index is 546. The molecule has 2 rings (SSSR count). The lowest BCUT2D eigenvalue weighted by molar-refractivity contribution is -0.153. The van der Waals surface area contributed by atoms with Crippen molar-refractivity contribution in [1.82, 2.24) is 10.6 Å². The Morgan fingerprint density at radius 3 is 2.74 bits per heavy atom. The number of nitrogens with zero attached hydrogens (tertiary/aromatic N) is 1. The number of guanidine groups is 1. The maximum atomic E-state index is 12.2. The van der Waals surface area contributed by atoms with Gasteiger partial charge in [-0.3, -0.25) is 0 Å². The summed E-state index contributed by atoms with van der Waals surface area (Å²) in [7, 11) is 0. The fourth-order valence-electron chi connectivity index (χ4n) is 2.09. The van der Waals surface area contributed by atoms with Crippen LogP contribution in [-0.4, -0.2) is 31.3 Å². The molecule has 0 aromatic heterocycles. The van der Waals surface area contributed by atoms with E-state index in [0.717, 1.165) is 24.5 Å². The van der Waals surface area contributed by atoms with E-state index in [9.17, 15) is 13.2 Å². The Labute approximate surface area is 134 Å². The molecule has 23 heavy (non-hydrogen) atoms. The molecule has 1 fully saturated rings. The van der Waals surface area contributed by atoms with E-state index < -0.39 is 12.8 Å². The third-order valence-electron chi connectivity index (χ3n) is 3.50. The number of halogens is 3. The van der Waals surface area contributed by atoms with Crippen LogP contribution in [0.4, 0.5) is 13.2 Å². The number of hydrogen-bond donors (Lipinski definition) is 2. The van der Waals surface area contributed by atoms with Crippen molar-refractivity contribution >= 4 is 5.96 Å². The van der Waals surface area contributed by atoms with Crippen LogP contribution in [0.1, 0.15) is 25.8 Å². The summed E-state index contributed by atoms with van der Waals surface area (Å²) in [4.78, 5) is 4.46. The molecule has 1 aliphatic rings. The summed E-state index contributed by atoms with van der Waals surface area (Å²) >= 11 is 0. The zero-order chi connectivity index (χ0) is 16.9. The van der Waals surface area contributed by atoms with Crippen LogP contribution in [0, 0.1) is 5.92 Å². The average molecular weight is 329 g/mol. The molecule has 0 saturated heterocycles. The van der Waals surface area contributed by atoms with E-state index in [1.807, 2.05) is 13.0 Å². The molecule has 1 aromatic rings. The molecular formula is C16H22F3N3O. The number of nitrogens with one attached hydrogen (secondary N) is 2. The van der Waals surface area contributed by atoms with Gasteiger partial charge in [0.2, 0.25) is 0 Å². The zero-order valence-electron chi connectivity index (χ0n) is 13.3. The SMILES string of the molecule is CCNC(=NCc1cccc(OCC(F)(F)F)c1)NC1CC1C. The van der Waals surface area contributed by atoms with Crippen LogP contribution in [0.25, 0.3) is 0 Å². The van der Waals surface area contributed by atoms with E-state index in [-0.39, 0.29) is 5.75 Å². The molecule has 1 aromatic carbocycles. The second-order valence-electron chi connectivity index (χ2n) is 5.71. The van der Waals surface area contributed by atoms with Gasteiger partial charge < -0.3 is 15.4 Å². The Balaban J connectivity index is 1.93. The van der Waals surface area contributed by atoms with Crippen LogP contribution in [0.3, 0.4) is 0 Å². The smallest absolute Gasteiger partial charge is 0.422 e. The van der Waals surface area contributed by atoms with Gasteiger partial charge in [-0.15, -0.1) is 0 Å². The van der Waals surface area contributed by atoms with Gasteiger partial charge in [-0.2, -0.15) is 13.2 Å². The number of ether oxygens (including phenoxy) is 1. The molecule has 2 N–H and O–H groups in total. The van der Waals surface area contributed by atoms with Crippen molar-refractivity contribution < 1.29 is 17.9 Å². The van der Waals surface area contributed by atoms with E-state index in [1.165, 1.54) is 6.07 Å². The molecule has 2 unspecified atom stereocenters. The van der Waals surface area contributed by atoms with Crippen molar-refractivity contribution in [3.8, 4) is 5.75 Å². The normalized spacial score (nSPS) is 21.0. The van der Waals surface area contributed by atoms with Crippen molar-refractivity contribution in [2.75, 3.05) is 13.2 Å². The summed E-state index contributed by atoms with van der Waals surface area (Å²) in [5.74, 6) is 1.57. The van der Waals surface area contributed by atoms with E-state index in [2.05, 4.69) is 22.5 Å². The molecule has 0 heterocycles. The van der Waals surface area contributed by atoms with Crippen molar-refractivity contribution in [3.63, 3.8) is 0 Å². The second kappa shape index (κ2) is 7.57. The molecule has 0 bridgehead atoms. The fraction of sp³-hybridized carbons (Fsp3) is 0.562. The predicted octanol–water partition coefficient (Wildman–Crippen LogP) is 3.09. The largest absolute Gasteiger partial charge is 0.484 e. The van der Waals surface area contributed by atoms with Crippen molar-refractivity contribution in [3.05, 3.63) is 29.8 Å². The number of benzene rings is 1. The van der Waals surface area contributed by atoms with Gasteiger partial charge in [-0.1, -0.05) is 19.1 Å². The highest BCUT2D eigenvalue weighted by Crippen LogP contribution is 2.28. The van der Waals surface area contributed by atoms with Crippen LogP contribution in [-0.2, 0) is 6.54 Å². The number of rotatable bonds is 6. The Kier molecular flexibility index (Phi) is 5.74. The van der Waals surface area contributed by atoms with Gasteiger partial charge in [0, 0.05) is 12.6 Å². The fourth-order valence-corrected chi connectivity index (χ4v) is 2.09. The molecule has 2 atom stereocenters. The standard InChI is InChI=1S/C16H22F3N3O/c1-3-20-15(22-14-7-11(14)2)21-9-12-5-4-6-13(8-12)23-10-16(17,18)19/h4-6,8,11,14H,3,7,9-10H2,1-2H3,(H2,20,21,22). The predicted molar refractivity (Wildman–Crippen MR) is 83.5 cm³/mol. The minimum absolute atomic E-state index is 0.198. The third kappa shape index (κ3) is 6.38. The van der Waals surface area contributed by atoms with Crippen LogP contribution in [0.5, 0.6) is 5.75 Å². The molecule has 0 aliphatic heterocycles. The Morgan fingerprint density at radius 2 is 2.13 bits per heavy atom. The van der Waals surface area contributed by atoms with E-state index in [1.54, 1.807) is 12.1 Å². The first kappa shape index (κ1) is 17.4. The Hall–Kier alpha value is -1.92. The van der Waals surface area contributed by atoms with E-state index >= 15 is 0 Å². The number of alkyl halides is 3. The average Bonchev–Trinajstić information content (AvgIpc) is 3.18. The minimum Gasteiger partial charge on any atom is -0.484 e. The van der Waals surface area contributed by atoms with Gasteiger partial charge in [0.15, 0.2) is 12.6 Å². The minimum atomic E-state index is -4.34. The maximum Gasteiger partial charge on any atom is 0.422 e. The first-order valence-electron chi connectivity index (χ1n) is 7.70. The lowest BCUT2D eigenvalue weighted by Crippen LogP contribution is -2.39. The molecule has 4 nitrogen and oxygen atoms in total. The first-order chi connectivity index (χ1) is 10.9. The molecule has 1 aliphatic carbocycles. The van der Waals surface area contributed by atoms with Crippen LogP contribution < -0.4 is 15.4 Å². The zero-order valence-corrected chi connectivity index (χ0v) is 13.3. The van der Waals surface area contributed by atoms with Crippen molar-refractivity contribution in [1.29, 1.82) is 0 Å². The topological polar surface area (TPSA) is 45.7 Å². The van der Waals surface area contributed by atoms with Gasteiger partial charge >= 0.3 is 6.18 Å². The molecule has 0 amide bonds. The molecule has 0 spiro atoms. The molecule has 7 heteroatoms. The number of hydrogen-bond acceptors (Lipinski definition) is 2. The first-order valence-corrected chi connectivity index (χ1v) is 7.70. The lowest BCUT2D eigenvalue weighted by Gasteiger charge is -2.12. The third-order valence-corrected chi connectivity index (χ3v) is 3.50. The highest BCUT2D eigenvalue weighted by molar-refractivity contribution is 5.80. The van der Waals surface area contributed by atoms with E-state index in [4.69, 9.17) is 4.74 Å². The van der Waals surface area contributed by atoms with Gasteiger partial charge in [0.25, 0.3) is 0 Å². The molecule has 128 valence electrons. The van der Waals surface area contributed by atoms with Gasteiger partial charge in [0.05, 0.1) is 6.54 Å². The van der Waals surface area contributed by atoms with Gasteiger partial charge in [-0.25, -0.2) is 4.99 Å². The monoisotopic (exact) mass is 329 g/mol. The maximum absolute atomic E-state index is 12.2. The highest BCUT2D eigenvalue weighted by Gasteiger charge is 2.33. The van der Waals surface area contributed by atoms with Crippen LogP contribution in [0.2, 0.25) is 0 Å².